The molecule has 1 N–H and O–H groups in total. The molecule has 3 rings (SSSR count). The van der Waals surface area contributed by atoms with Crippen LogP contribution in [0.25, 0.3) is 0 Å². The number of aliphatic hydroxyl groups is 1. The second kappa shape index (κ2) is 10.6. The normalized spacial score (nSPS) is 11.1. The van der Waals surface area contributed by atoms with Crippen LogP contribution in [0.1, 0.15) is 16.8 Å². The van der Waals surface area contributed by atoms with Crippen molar-refractivity contribution in [2.24, 2.45) is 10.2 Å². The maximum Gasteiger partial charge on any atom is 0.295 e. The standard InChI is InChI=1S/C22H27N6O.ClH/c1-25(2)20-9-5-18(6-10-20)13-23-27-15-22(16-29)28(17-27)24-14-19-7-11-21(12-8-19)26(3)4;/h5-15,17,29H,16H2,1-4H3;1H/q+1;/p-1. The highest BCUT2D eigenvalue weighted by atomic mass is 35.5. The van der Waals surface area contributed by atoms with Gasteiger partial charge in [0, 0.05) is 39.6 Å². The fourth-order valence-electron chi connectivity index (χ4n) is 2.69. The zero-order valence-corrected chi connectivity index (χ0v) is 18.4. The van der Waals surface area contributed by atoms with Crippen molar-refractivity contribution in [3.8, 4) is 0 Å². The van der Waals surface area contributed by atoms with Crippen LogP contribution in [0.2, 0.25) is 0 Å². The molecule has 2 aromatic carbocycles. The molecular weight excluding hydrogens is 400 g/mol. The molecule has 1 aromatic heterocycles. The Bertz CT molecular complexity index is 991. The average Bonchev–Trinajstić information content (AvgIpc) is 3.13. The van der Waals surface area contributed by atoms with Crippen molar-refractivity contribution in [1.29, 1.82) is 0 Å². The molecule has 0 spiro atoms. The number of nitrogens with zero attached hydrogens (tertiary/aromatic N) is 6. The highest BCUT2D eigenvalue weighted by Gasteiger charge is 2.11. The third-order valence-corrected chi connectivity index (χ3v) is 4.46. The molecule has 0 aliphatic rings. The van der Waals surface area contributed by atoms with Gasteiger partial charge in [0.2, 0.25) is 0 Å². The molecule has 0 atom stereocenters. The summed E-state index contributed by atoms with van der Waals surface area (Å²) in [6.07, 6.45) is 7.00. The Morgan fingerprint density at radius 1 is 0.867 bits per heavy atom. The van der Waals surface area contributed by atoms with Crippen LogP contribution in [0.4, 0.5) is 11.4 Å². The lowest BCUT2D eigenvalue weighted by Crippen LogP contribution is -3.00. The van der Waals surface area contributed by atoms with Gasteiger partial charge in [-0.15, -0.1) is 9.35 Å². The van der Waals surface area contributed by atoms with Gasteiger partial charge in [0.15, 0.2) is 11.9 Å². The summed E-state index contributed by atoms with van der Waals surface area (Å²) in [5.74, 6) is 0. The Balaban J connectivity index is 0.00000320. The van der Waals surface area contributed by atoms with Crippen molar-refractivity contribution in [1.82, 2.24) is 4.68 Å². The first kappa shape index (κ1) is 23.1. The molecule has 0 saturated heterocycles. The molecule has 0 unspecified atom stereocenters. The molecule has 0 radical (unpaired) electrons. The van der Waals surface area contributed by atoms with E-state index < -0.39 is 0 Å². The lowest BCUT2D eigenvalue weighted by molar-refractivity contribution is -0.686. The van der Waals surface area contributed by atoms with E-state index in [9.17, 15) is 5.11 Å². The Hall–Kier alpha value is -3.16. The number of benzene rings is 2. The third-order valence-electron chi connectivity index (χ3n) is 4.46. The zero-order chi connectivity index (χ0) is 20.8. The highest BCUT2D eigenvalue weighted by Crippen LogP contribution is 2.12. The molecule has 0 bridgehead atoms. The monoisotopic (exact) mass is 426 g/mol. The van der Waals surface area contributed by atoms with Gasteiger partial charge in [-0.1, -0.05) is 34.5 Å². The van der Waals surface area contributed by atoms with Crippen LogP contribution in [0.15, 0.2) is 71.3 Å². The van der Waals surface area contributed by atoms with Crippen molar-refractivity contribution >= 4 is 23.8 Å². The molecule has 30 heavy (non-hydrogen) atoms. The minimum absolute atomic E-state index is 0. The summed E-state index contributed by atoms with van der Waals surface area (Å²) in [6, 6.07) is 16.2. The van der Waals surface area contributed by atoms with Gasteiger partial charge in [-0.3, -0.25) is 0 Å². The van der Waals surface area contributed by atoms with Gasteiger partial charge >= 0.3 is 0 Å². The lowest BCUT2D eigenvalue weighted by atomic mass is 10.2. The molecule has 0 aliphatic heterocycles. The number of hydrogen-bond donors (Lipinski definition) is 1. The molecule has 0 amide bonds. The Morgan fingerprint density at radius 2 is 1.37 bits per heavy atom. The van der Waals surface area contributed by atoms with Crippen LogP contribution in [0.5, 0.6) is 0 Å². The van der Waals surface area contributed by atoms with Gasteiger partial charge in [-0.25, -0.2) is 0 Å². The molecule has 7 nitrogen and oxygen atoms in total. The van der Waals surface area contributed by atoms with E-state index in [0.717, 1.165) is 22.5 Å². The Morgan fingerprint density at radius 3 is 1.83 bits per heavy atom. The summed E-state index contributed by atoms with van der Waals surface area (Å²) < 4.78 is 3.25. The smallest absolute Gasteiger partial charge is 0.295 e. The van der Waals surface area contributed by atoms with Gasteiger partial charge in [-0.05, 0) is 35.4 Å². The van der Waals surface area contributed by atoms with Crippen LogP contribution in [0, 0.1) is 0 Å². The van der Waals surface area contributed by atoms with E-state index >= 15 is 0 Å². The topological polar surface area (TPSA) is 60.2 Å². The van der Waals surface area contributed by atoms with Gasteiger partial charge in [0.25, 0.3) is 6.33 Å². The molecule has 1 heterocycles. The van der Waals surface area contributed by atoms with Crippen molar-refractivity contribution in [3.63, 3.8) is 0 Å². The first-order chi connectivity index (χ1) is 14.0. The van der Waals surface area contributed by atoms with Gasteiger partial charge in [0.1, 0.15) is 6.61 Å². The number of anilines is 2. The number of imidazole rings is 1. The second-order valence-electron chi connectivity index (χ2n) is 7.08. The van der Waals surface area contributed by atoms with Crippen LogP contribution in [-0.2, 0) is 6.61 Å². The molecule has 158 valence electrons. The fraction of sp³-hybridized carbons (Fsp3) is 0.227. The van der Waals surface area contributed by atoms with E-state index in [2.05, 4.69) is 15.1 Å². The summed E-state index contributed by atoms with van der Waals surface area (Å²) in [4.78, 5) is 4.10. The van der Waals surface area contributed by atoms with Gasteiger partial charge < -0.3 is 27.3 Å². The average molecular weight is 427 g/mol. The quantitative estimate of drug-likeness (QED) is 0.396. The summed E-state index contributed by atoms with van der Waals surface area (Å²) >= 11 is 0. The van der Waals surface area contributed by atoms with Crippen molar-refractivity contribution in [2.45, 2.75) is 6.61 Å². The van der Waals surface area contributed by atoms with Crippen LogP contribution in [-0.4, -0.2) is 50.4 Å². The number of rotatable bonds is 7. The van der Waals surface area contributed by atoms with Crippen molar-refractivity contribution < 1.29 is 22.2 Å². The van der Waals surface area contributed by atoms with Crippen molar-refractivity contribution in [2.75, 3.05) is 38.0 Å². The number of halogens is 1. The number of aliphatic hydroxyl groups excluding tert-OH is 1. The minimum atomic E-state index is -0.128. The molecular formula is C22H27ClN6O. The van der Waals surface area contributed by atoms with Crippen molar-refractivity contribution in [3.05, 3.63) is 77.9 Å². The molecule has 8 heteroatoms. The first-order valence-corrected chi connectivity index (χ1v) is 9.33. The summed E-state index contributed by atoms with van der Waals surface area (Å²) in [5, 5.41) is 18.5. The van der Waals surface area contributed by atoms with E-state index in [4.69, 9.17) is 0 Å². The number of aromatic nitrogens is 2. The summed E-state index contributed by atoms with van der Waals surface area (Å²) in [6.45, 7) is -0.128. The maximum absolute atomic E-state index is 9.62. The largest absolute Gasteiger partial charge is 1.00 e. The highest BCUT2D eigenvalue weighted by molar-refractivity contribution is 5.80. The SMILES string of the molecule is CN(C)c1ccc(C=Nn2cc(CO)[n+](N=Cc3ccc(N(C)C)cc3)c2)cc1.[Cl-]. The second-order valence-corrected chi connectivity index (χ2v) is 7.08. The Kier molecular flexibility index (Phi) is 8.15. The fourth-order valence-corrected chi connectivity index (χ4v) is 2.69. The van der Waals surface area contributed by atoms with Gasteiger partial charge in [-0.2, -0.15) is 0 Å². The summed E-state index contributed by atoms with van der Waals surface area (Å²) in [7, 11) is 8.03. The minimum Gasteiger partial charge on any atom is -1.00 e. The summed E-state index contributed by atoms with van der Waals surface area (Å²) in [5.41, 5.74) is 4.88. The first-order valence-electron chi connectivity index (χ1n) is 9.33. The van der Waals surface area contributed by atoms with E-state index in [1.54, 1.807) is 34.3 Å². The van der Waals surface area contributed by atoms with Crippen LogP contribution in [0.3, 0.4) is 0 Å². The van der Waals surface area contributed by atoms with E-state index in [1.165, 1.54) is 0 Å². The van der Waals surface area contributed by atoms with Crippen LogP contribution >= 0.6 is 0 Å². The molecule has 0 aliphatic carbocycles. The van der Waals surface area contributed by atoms with Gasteiger partial charge in [0.05, 0.1) is 12.4 Å². The van der Waals surface area contributed by atoms with E-state index in [-0.39, 0.29) is 19.0 Å². The predicted molar refractivity (Wildman–Crippen MR) is 118 cm³/mol. The van der Waals surface area contributed by atoms with E-state index in [1.807, 2.05) is 81.6 Å². The number of hydrogen-bond acceptors (Lipinski definition) is 5. The Labute approximate surface area is 183 Å². The third kappa shape index (κ3) is 5.92. The van der Waals surface area contributed by atoms with Crippen LogP contribution < -0.4 is 26.9 Å². The maximum atomic E-state index is 9.62. The molecule has 0 fully saturated rings. The predicted octanol–water partition coefficient (Wildman–Crippen LogP) is -0.832. The lowest BCUT2D eigenvalue weighted by Gasteiger charge is -2.11. The van der Waals surface area contributed by atoms with E-state index in [0.29, 0.717) is 5.69 Å². The molecule has 3 aromatic rings. The zero-order valence-electron chi connectivity index (χ0n) is 17.6. The molecule has 0 saturated carbocycles.